The van der Waals surface area contributed by atoms with Crippen LogP contribution in [-0.4, -0.2) is 24.4 Å². The van der Waals surface area contributed by atoms with E-state index >= 15 is 0 Å². The fourth-order valence-corrected chi connectivity index (χ4v) is 2.29. The molecular weight excluding hydrogens is 349 g/mol. The maximum Gasteiger partial charge on any atom is 0.224 e. The molecule has 0 heterocycles. The lowest BCUT2D eigenvalue weighted by atomic mass is 10.1. The van der Waals surface area contributed by atoms with Crippen molar-refractivity contribution in [2.75, 3.05) is 18.5 Å². The highest BCUT2D eigenvalue weighted by atomic mass is 79.9. The van der Waals surface area contributed by atoms with Gasteiger partial charge in [-0.1, -0.05) is 54.6 Å². The molecule has 0 unspecified atom stereocenters. The van der Waals surface area contributed by atoms with Crippen molar-refractivity contribution in [3.63, 3.8) is 0 Å². The van der Waals surface area contributed by atoms with Gasteiger partial charge in [0.1, 0.15) is 0 Å². The molecule has 0 bridgehead atoms. The van der Waals surface area contributed by atoms with Gasteiger partial charge in [0.05, 0.1) is 13.0 Å². The Morgan fingerprint density at radius 1 is 1.27 bits per heavy atom. The first-order valence-electron chi connectivity index (χ1n) is 7.91. The topological polar surface area (TPSA) is 38.3 Å². The summed E-state index contributed by atoms with van der Waals surface area (Å²) in [5, 5.41) is 3.53. The fourth-order valence-electron chi connectivity index (χ4n) is 2.12. The number of hydrogen-bond donors (Lipinski definition) is 1. The number of benzene rings is 1. The lowest BCUT2D eigenvalue weighted by Gasteiger charge is -2.08. The molecule has 0 radical (unpaired) electrons. The zero-order chi connectivity index (χ0) is 16.2. The summed E-state index contributed by atoms with van der Waals surface area (Å²) in [6.45, 7) is 3.28. The highest BCUT2D eigenvalue weighted by molar-refractivity contribution is 9.09. The van der Waals surface area contributed by atoms with Crippen molar-refractivity contribution in [3.8, 4) is 5.75 Å². The van der Waals surface area contributed by atoms with Gasteiger partial charge >= 0.3 is 0 Å². The molecule has 22 heavy (non-hydrogen) atoms. The second-order valence-electron chi connectivity index (χ2n) is 5.24. The Bertz CT molecular complexity index is 454. The molecule has 1 aromatic rings. The number of ether oxygens (including phenoxy) is 1. The van der Waals surface area contributed by atoms with E-state index in [-0.39, 0.29) is 18.1 Å². The quantitative estimate of drug-likeness (QED) is 0.465. The summed E-state index contributed by atoms with van der Waals surface area (Å²) in [4.78, 5) is 11.8. The van der Waals surface area contributed by atoms with Crippen LogP contribution in [0.15, 0.2) is 18.2 Å². The number of alkyl halides is 1. The predicted octanol–water partition coefficient (Wildman–Crippen LogP) is 4.23. The van der Waals surface area contributed by atoms with Crippen molar-refractivity contribution < 1.29 is 13.9 Å². The molecule has 0 fully saturated rings. The molecule has 0 saturated heterocycles. The predicted molar refractivity (Wildman–Crippen MR) is 91.2 cm³/mol. The smallest absolute Gasteiger partial charge is 0.224 e. The largest absolute Gasteiger partial charge is 0.490 e. The average molecular weight is 374 g/mol. The van der Waals surface area contributed by atoms with E-state index in [1.807, 2.05) is 0 Å². The van der Waals surface area contributed by atoms with Crippen LogP contribution in [0, 0.1) is 5.82 Å². The van der Waals surface area contributed by atoms with E-state index in [4.69, 9.17) is 4.74 Å². The van der Waals surface area contributed by atoms with Gasteiger partial charge in [-0.05, 0) is 24.1 Å². The van der Waals surface area contributed by atoms with E-state index < -0.39 is 5.82 Å². The summed E-state index contributed by atoms with van der Waals surface area (Å²) in [6.07, 6.45) is 6.02. The molecule has 1 N–H and O–H groups in total. The van der Waals surface area contributed by atoms with Gasteiger partial charge in [0, 0.05) is 11.9 Å². The van der Waals surface area contributed by atoms with Crippen LogP contribution in [0.3, 0.4) is 0 Å². The summed E-state index contributed by atoms with van der Waals surface area (Å²) in [5.74, 6) is -0.269. The normalized spacial score (nSPS) is 10.5. The summed E-state index contributed by atoms with van der Waals surface area (Å²) < 4.78 is 19.0. The number of rotatable bonds is 11. The monoisotopic (exact) mass is 373 g/mol. The third kappa shape index (κ3) is 7.78. The van der Waals surface area contributed by atoms with Gasteiger partial charge in [-0.25, -0.2) is 4.39 Å². The van der Waals surface area contributed by atoms with Crippen LogP contribution in [-0.2, 0) is 11.2 Å². The minimum atomic E-state index is -0.425. The van der Waals surface area contributed by atoms with E-state index in [0.29, 0.717) is 24.0 Å². The van der Waals surface area contributed by atoms with Crippen LogP contribution in [0.5, 0.6) is 5.75 Å². The van der Waals surface area contributed by atoms with Crippen LogP contribution < -0.4 is 10.1 Å². The van der Waals surface area contributed by atoms with Crippen molar-refractivity contribution >= 4 is 21.8 Å². The van der Waals surface area contributed by atoms with Gasteiger partial charge in [-0.15, -0.1) is 0 Å². The molecule has 1 amide bonds. The van der Waals surface area contributed by atoms with Crippen LogP contribution in [0.4, 0.5) is 4.39 Å². The first-order valence-corrected chi connectivity index (χ1v) is 9.03. The van der Waals surface area contributed by atoms with E-state index in [0.717, 1.165) is 12.8 Å². The Kier molecular flexibility index (Phi) is 9.87. The number of halogens is 2. The summed E-state index contributed by atoms with van der Waals surface area (Å²) in [5.41, 5.74) is 0.659. The first kappa shape index (κ1) is 18.9. The highest BCUT2D eigenvalue weighted by Gasteiger charge is 2.08. The van der Waals surface area contributed by atoms with Crippen molar-refractivity contribution in [2.45, 2.75) is 45.4 Å². The van der Waals surface area contributed by atoms with Gasteiger partial charge in [0.25, 0.3) is 0 Å². The number of unbranched alkanes of at least 4 members (excludes halogenated alkanes) is 4. The van der Waals surface area contributed by atoms with Gasteiger partial charge in [0.15, 0.2) is 11.6 Å². The maximum absolute atomic E-state index is 13.8. The molecule has 0 aliphatic carbocycles. The molecule has 0 aliphatic heterocycles. The zero-order valence-corrected chi connectivity index (χ0v) is 14.8. The average Bonchev–Trinajstić information content (AvgIpc) is 2.50. The van der Waals surface area contributed by atoms with Crippen molar-refractivity contribution in [1.82, 2.24) is 5.32 Å². The Hall–Kier alpha value is -1.10. The SMILES string of the molecule is CCCCCCCNC(=O)Cc1ccc(OCCBr)c(F)c1. The summed E-state index contributed by atoms with van der Waals surface area (Å²) in [7, 11) is 0. The fraction of sp³-hybridized carbons (Fsp3) is 0.588. The Labute approximate surface area is 140 Å². The summed E-state index contributed by atoms with van der Waals surface area (Å²) in [6, 6.07) is 4.67. The Morgan fingerprint density at radius 2 is 2.05 bits per heavy atom. The Morgan fingerprint density at radius 3 is 2.73 bits per heavy atom. The maximum atomic E-state index is 13.8. The Balaban J connectivity index is 2.30. The van der Waals surface area contributed by atoms with E-state index in [9.17, 15) is 9.18 Å². The number of carbonyl (C=O) groups is 1. The molecular formula is C17H25BrFNO2. The van der Waals surface area contributed by atoms with Gasteiger partial charge in [-0.2, -0.15) is 0 Å². The van der Waals surface area contributed by atoms with Crippen molar-refractivity contribution in [1.29, 1.82) is 0 Å². The van der Waals surface area contributed by atoms with Crippen molar-refractivity contribution in [2.24, 2.45) is 0 Å². The molecule has 1 aromatic carbocycles. The van der Waals surface area contributed by atoms with Gasteiger partial charge in [-0.3, -0.25) is 4.79 Å². The lowest BCUT2D eigenvalue weighted by molar-refractivity contribution is -0.120. The van der Waals surface area contributed by atoms with Crippen molar-refractivity contribution in [3.05, 3.63) is 29.6 Å². The van der Waals surface area contributed by atoms with E-state index in [1.54, 1.807) is 12.1 Å². The minimum absolute atomic E-state index is 0.0657. The van der Waals surface area contributed by atoms with Crippen LogP contribution in [0.2, 0.25) is 0 Å². The molecule has 124 valence electrons. The van der Waals surface area contributed by atoms with Crippen LogP contribution in [0.25, 0.3) is 0 Å². The molecule has 1 rings (SSSR count). The van der Waals surface area contributed by atoms with Gasteiger partial charge < -0.3 is 10.1 Å². The van der Waals surface area contributed by atoms with Crippen LogP contribution >= 0.6 is 15.9 Å². The van der Waals surface area contributed by atoms with E-state index in [2.05, 4.69) is 28.2 Å². The molecule has 0 saturated carbocycles. The third-order valence-electron chi connectivity index (χ3n) is 3.30. The minimum Gasteiger partial charge on any atom is -0.490 e. The molecule has 0 aromatic heterocycles. The zero-order valence-electron chi connectivity index (χ0n) is 13.2. The summed E-state index contributed by atoms with van der Waals surface area (Å²) >= 11 is 3.22. The number of carbonyl (C=O) groups excluding carboxylic acids is 1. The molecule has 0 aliphatic rings. The first-order chi connectivity index (χ1) is 10.7. The van der Waals surface area contributed by atoms with Crippen LogP contribution in [0.1, 0.15) is 44.6 Å². The second kappa shape index (κ2) is 11.5. The number of nitrogens with one attached hydrogen (secondary N) is 1. The van der Waals surface area contributed by atoms with Gasteiger partial charge in [0.2, 0.25) is 5.91 Å². The molecule has 0 spiro atoms. The molecule has 5 heteroatoms. The number of amides is 1. The van der Waals surface area contributed by atoms with E-state index in [1.165, 1.54) is 25.3 Å². The number of hydrogen-bond acceptors (Lipinski definition) is 2. The highest BCUT2D eigenvalue weighted by Crippen LogP contribution is 2.18. The second-order valence-corrected chi connectivity index (χ2v) is 6.04. The molecule has 0 atom stereocenters. The standard InChI is InChI=1S/C17H25BrFNO2/c1-2-3-4-5-6-10-20-17(21)13-14-7-8-16(15(19)12-14)22-11-9-18/h7-8,12H,2-6,9-11,13H2,1H3,(H,20,21). The lowest BCUT2D eigenvalue weighted by Crippen LogP contribution is -2.26. The molecule has 3 nitrogen and oxygen atoms in total. The third-order valence-corrected chi connectivity index (χ3v) is 3.62.